The van der Waals surface area contributed by atoms with E-state index in [2.05, 4.69) is 39.0 Å². The van der Waals surface area contributed by atoms with Crippen molar-refractivity contribution in [3.8, 4) is 11.1 Å². The first kappa shape index (κ1) is 19.5. The van der Waals surface area contributed by atoms with E-state index in [1.54, 1.807) is 10.6 Å². The highest BCUT2D eigenvalue weighted by molar-refractivity contribution is 7.17. The molecule has 3 nitrogen and oxygen atoms in total. The number of benzene rings is 2. The molecule has 5 heteroatoms. The molecule has 0 aliphatic heterocycles. The van der Waals surface area contributed by atoms with Gasteiger partial charge >= 0.3 is 0 Å². The zero-order valence-electron chi connectivity index (χ0n) is 16.8. The first-order valence-corrected chi connectivity index (χ1v) is 10.7. The van der Waals surface area contributed by atoms with Gasteiger partial charge in [0.2, 0.25) is 0 Å². The largest absolute Gasteiger partial charge is 0.292 e. The van der Waals surface area contributed by atoms with Crippen molar-refractivity contribution in [3.05, 3.63) is 86.5 Å². The van der Waals surface area contributed by atoms with Crippen LogP contribution >= 0.6 is 11.3 Å². The number of aryl methyl sites for hydroxylation is 3. The molecule has 4 aromatic rings. The van der Waals surface area contributed by atoms with Crippen molar-refractivity contribution >= 4 is 21.6 Å². The van der Waals surface area contributed by atoms with E-state index in [0.29, 0.717) is 18.4 Å². The van der Waals surface area contributed by atoms with Crippen LogP contribution in [0.2, 0.25) is 0 Å². The van der Waals surface area contributed by atoms with E-state index in [0.717, 1.165) is 39.3 Å². The third-order valence-electron chi connectivity index (χ3n) is 5.15. The van der Waals surface area contributed by atoms with E-state index in [1.165, 1.54) is 29.0 Å². The lowest BCUT2D eigenvalue weighted by atomic mass is 9.99. The molecule has 0 aliphatic rings. The van der Waals surface area contributed by atoms with Gasteiger partial charge in [0, 0.05) is 17.4 Å². The molecule has 0 amide bonds. The highest BCUT2D eigenvalue weighted by atomic mass is 32.1. The number of halogens is 1. The van der Waals surface area contributed by atoms with E-state index in [1.807, 2.05) is 11.4 Å². The highest BCUT2D eigenvalue weighted by Gasteiger charge is 2.18. The normalized spacial score (nSPS) is 11.3. The summed E-state index contributed by atoms with van der Waals surface area (Å²) in [7, 11) is 0. The summed E-state index contributed by atoms with van der Waals surface area (Å²) in [6.45, 7) is 6.51. The van der Waals surface area contributed by atoms with Gasteiger partial charge < -0.3 is 0 Å². The average molecular weight is 407 g/mol. The number of nitrogens with zero attached hydrogens (tertiary/aromatic N) is 2. The van der Waals surface area contributed by atoms with Crippen LogP contribution in [-0.4, -0.2) is 9.55 Å². The molecule has 2 heterocycles. The van der Waals surface area contributed by atoms with Gasteiger partial charge in [-0.05, 0) is 49.1 Å². The molecule has 0 fully saturated rings. The summed E-state index contributed by atoms with van der Waals surface area (Å²) >= 11 is 1.51. The van der Waals surface area contributed by atoms with Gasteiger partial charge in [-0.2, -0.15) is 0 Å². The Morgan fingerprint density at radius 2 is 1.93 bits per heavy atom. The van der Waals surface area contributed by atoms with E-state index in [9.17, 15) is 9.18 Å². The van der Waals surface area contributed by atoms with Crippen LogP contribution in [0.1, 0.15) is 35.9 Å². The van der Waals surface area contributed by atoms with Crippen molar-refractivity contribution in [3.63, 3.8) is 0 Å². The molecule has 2 aromatic carbocycles. The fraction of sp³-hybridized carbons (Fsp3) is 0.250. The third-order valence-corrected chi connectivity index (χ3v) is 6.02. The molecular weight excluding hydrogens is 383 g/mol. The van der Waals surface area contributed by atoms with Gasteiger partial charge in [-0.15, -0.1) is 11.3 Å². The summed E-state index contributed by atoms with van der Waals surface area (Å²) in [5.74, 6) is 0.455. The van der Waals surface area contributed by atoms with Crippen LogP contribution < -0.4 is 5.56 Å². The van der Waals surface area contributed by atoms with Crippen molar-refractivity contribution in [2.24, 2.45) is 0 Å². The van der Waals surface area contributed by atoms with E-state index < -0.39 is 0 Å². The molecule has 0 spiro atoms. The quantitative estimate of drug-likeness (QED) is 0.415. The summed E-state index contributed by atoms with van der Waals surface area (Å²) in [5, 5.41) is 2.68. The second kappa shape index (κ2) is 7.91. The highest BCUT2D eigenvalue weighted by Crippen LogP contribution is 2.33. The zero-order valence-corrected chi connectivity index (χ0v) is 17.6. The second-order valence-electron chi connectivity index (χ2n) is 7.45. The van der Waals surface area contributed by atoms with Gasteiger partial charge in [-0.3, -0.25) is 9.36 Å². The third kappa shape index (κ3) is 3.75. The predicted molar refractivity (Wildman–Crippen MR) is 118 cm³/mol. The van der Waals surface area contributed by atoms with Gasteiger partial charge in [0.05, 0.1) is 11.9 Å². The summed E-state index contributed by atoms with van der Waals surface area (Å²) in [6.07, 6.45) is 1.59. The van der Waals surface area contributed by atoms with E-state index in [4.69, 9.17) is 4.98 Å². The van der Waals surface area contributed by atoms with E-state index >= 15 is 0 Å². The lowest BCUT2D eigenvalue weighted by Gasteiger charge is -2.13. The van der Waals surface area contributed by atoms with Crippen molar-refractivity contribution < 1.29 is 4.39 Å². The van der Waals surface area contributed by atoms with Crippen LogP contribution in [0.5, 0.6) is 0 Å². The number of aromatic nitrogens is 2. The summed E-state index contributed by atoms with van der Waals surface area (Å²) in [5.41, 5.74) is 5.02. The molecule has 0 unspecified atom stereocenters. The monoisotopic (exact) mass is 406 g/mol. The lowest BCUT2D eigenvalue weighted by Crippen LogP contribution is -2.26. The Hall–Kier alpha value is -2.79. The standard InChI is InChI=1S/C24H23FN2OS/c1-4-6-21-26-23-22(20(14-29-23)19-10-9-15(2)11-16(19)3)24(28)27(21)13-17-7-5-8-18(25)12-17/h5,7-12,14H,4,6,13H2,1-3H3. The summed E-state index contributed by atoms with van der Waals surface area (Å²) in [4.78, 5) is 19.2. The zero-order chi connectivity index (χ0) is 20.5. The van der Waals surface area contributed by atoms with Crippen molar-refractivity contribution in [1.82, 2.24) is 9.55 Å². The fourth-order valence-corrected chi connectivity index (χ4v) is 4.72. The fourth-order valence-electron chi connectivity index (χ4n) is 3.78. The van der Waals surface area contributed by atoms with Gasteiger partial charge in [0.25, 0.3) is 5.56 Å². The Morgan fingerprint density at radius 1 is 1.10 bits per heavy atom. The average Bonchev–Trinajstić information content (AvgIpc) is 3.09. The van der Waals surface area contributed by atoms with E-state index in [-0.39, 0.29) is 11.4 Å². The molecule has 0 saturated carbocycles. The number of hydrogen-bond donors (Lipinski definition) is 0. The molecule has 0 N–H and O–H groups in total. The Bertz CT molecular complexity index is 1260. The van der Waals surface area contributed by atoms with Crippen LogP contribution in [-0.2, 0) is 13.0 Å². The van der Waals surface area contributed by atoms with Crippen LogP contribution in [0.4, 0.5) is 4.39 Å². The predicted octanol–water partition coefficient (Wildman–Crippen LogP) is 5.88. The molecule has 0 atom stereocenters. The molecule has 2 aromatic heterocycles. The first-order chi connectivity index (χ1) is 14.0. The molecule has 29 heavy (non-hydrogen) atoms. The topological polar surface area (TPSA) is 34.9 Å². The first-order valence-electron chi connectivity index (χ1n) is 9.81. The van der Waals surface area contributed by atoms with Gasteiger partial charge in [-0.25, -0.2) is 9.37 Å². The Balaban J connectivity index is 1.93. The minimum absolute atomic E-state index is 0.0565. The maximum atomic E-state index is 13.7. The van der Waals surface area contributed by atoms with Crippen LogP contribution in [0, 0.1) is 19.7 Å². The summed E-state index contributed by atoms with van der Waals surface area (Å²) < 4.78 is 15.4. The molecule has 0 bridgehead atoms. The van der Waals surface area contributed by atoms with Crippen molar-refractivity contribution in [1.29, 1.82) is 0 Å². The number of fused-ring (bicyclic) bond motifs is 1. The minimum Gasteiger partial charge on any atom is -0.292 e. The Morgan fingerprint density at radius 3 is 2.66 bits per heavy atom. The van der Waals surface area contributed by atoms with Gasteiger partial charge in [0.1, 0.15) is 16.5 Å². The second-order valence-corrected chi connectivity index (χ2v) is 8.31. The van der Waals surface area contributed by atoms with Crippen LogP contribution in [0.25, 0.3) is 21.3 Å². The number of thiophene rings is 1. The molecule has 0 saturated heterocycles. The van der Waals surface area contributed by atoms with Gasteiger partial charge in [-0.1, -0.05) is 42.8 Å². The number of rotatable bonds is 5. The number of hydrogen-bond acceptors (Lipinski definition) is 3. The molecule has 0 radical (unpaired) electrons. The van der Waals surface area contributed by atoms with Crippen molar-refractivity contribution in [2.45, 2.75) is 40.2 Å². The molecule has 148 valence electrons. The van der Waals surface area contributed by atoms with Crippen LogP contribution in [0.3, 0.4) is 0 Å². The van der Waals surface area contributed by atoms with Crippen molar-refractivity contribution in [2.75, 3.05) is 0 Å². The maximum Gasteiger partial charge on any atom is 0.263 e. The Kier molecular flexibility index (Phi) is 5.33. The molecule has 0 aliphatic carbocycles. The van der Waals surface area contributed by atoms with Gasteiger partial charge in [0.15, 0.2) is 0 Å². The Labute approximate surface area is 173 Å². The SMILES string of the molecule is CCCc1nc2scc(-c3ccc(C)cc3C)c2c(=O)n1Cc1cccc(F)c1. The lowest BCUT2D eigenvalue weighted by molar-refractivity contribution is 0.618. The molecule has 4 rings (SSSR count). The maximum absolute atomic E-state index is 13.7. The minimum atomic E-state index is -0.298. The molecular formula is C24H23FN2OS. The summed E-state index contributed by atoms with van der Waals surface area (Å²) in [6, 6.07) is 12.7. The van der Waals surface area contributed by atoms with Crippen LogP contribution in [0.15, 0.2) is 52.6 Å². The smallest absolute Gasteiger partial charge is 0.263 e.